The largest absolute Gasteiger partial charge is 0.497 e. The number of rotatable bonds is 5. The van der Waals surface area contributed by atoms with Crippen LogP contribution in [0.2, 0.25) is 0 Å². The van der Waals surface area contributed by atoms with Gasteiger partial charge in [-0.2, -0.15) is 0 Å². The Balaban J connectivity index is 1.96. The van der Waals surface area contributed by atoms with E-state index in [9.17, 15) is 4.79 Å². The lowest BCUT2D eigenvalue weighted by Gasteiger charge is -2.38. The van der Waals surface area contributed by atoms with Crippen LogP contribution in [0.25, 0.3) is 0 Å². The minimum atomic E-state index is -0.862. The predicted molar refractivity (Wildman–Crippen MR) is 91.8 cm³/mol. The van der Waals surface area contributed by atoms with Gasteiger partial charge in [-0.1, -0.05) is 13.8 Å². The topological polar surface area (TPSA) is 38.8 Å². The maximum absolute atomic E-state index is 12.8. The summed E-state index contributed by atoms with van der Waals surface area (Å²) in [5.41, 5.74) is -0.862. The highest BCUT2D eigenvalue weighted by Gasteiger charge is 2.36. The van der Waals surface area contributed by atoms with Gasteiger partial charge in [0.2, 0.25) is 0 Å². The van der Waals surface area contributed by atoms with Crippen molar-refractivity contribution in [3.8, 4) is 11.5 Å². The quantitative estimate of drug-likeness (QED) is 0.830. The van der Waals surface area contributed by atoms with E-state index in [1.54, 1.807) is 7.11 Å². The SMILES string of the molecule is COc1ccc(OC(C)(C)C(=O)N2CCC(C(C)C)CC2)cc1. The molecule has 128 valence electrons. The molecule has 4 nitrogen and oxygen atoms in total. The van der Waals surface area contributed by atoms with Crippen LogP contribution in [0.4, 0.5) is 0 Å². The monoisotopic (exact) mass is 319 g/mol. The van der Waals surface area contributed by atoms with Crippen molar-refractivity contribution in [1.29, 1.82) is 0 Å². The Bertz CT molecular complexity index is 514. The van der Waals surface area contributed by atoms with Gasteiger partial charge >= 0.3 is 0 Å². The van der Waals surface area contributed by atoms with Crippen molar-refractivity contribution in [2.75, 3.05) is 20.2 Å². The van der Waals surface area contributed by atoms with E-state index in [0.717, 1.165) is 37.6 Å². The summed E-state index contributed by atoms with van der Waals surface area (Å²) in [6.45, 7) is 9.87. The van der Waals surface area contributed by atoms with Crippen molar-refractivity contribution in [3.05, 3.63) is 24.3 Å². The molecule has 1 aromatic carbocycles. The molecule has 0 N–H and O–H groups in total. The van der Waals surface area contributed by atoms with Crippen molar-refractivity contribution in [2.45, 2.75) is 46.1 Å². The van der Waals surface area contributed by atoms with Gasteiger partial charge in [0, 0.05) is 13.1 Å². The summed E-state index contributed by atoms with van der Waals surface area (Å²) < 4.78 is 11.1. The molecule has 0 aliphatic carbocycles. The maximum Gasteiger partial charge on any atom is 0.266 e. The van der Waals surface area contributed by atoms with Gasteiger partial charge in [-0.05, 0) is 62.8 Å². The first-order valence-electron chi connectivity index (χ1n) is 8.46. The summed E-state index contributed by atoms with van der Waals surface area (Å²) in [4.78, 5) is 14.7. The number of ether oxygens (including phenoxy) is 2. The average molecular weight is 319 g/mol. The van der Waals surface area contributed by atoms with Gasteiger partial charge in [-0.15, -0.1) is 0 Å². The van der Waals surface area contributed by atoms with Gasteiger partial charge in [-0.3, -0.25) is 4.79 Å². The van der Waals surface area contributed by atoms with E-state index in [1.807, 2.05) is 43.0 Å². The van der Waals surface area contributed by atoms with E-state index in [0.29, 0.717) is 11.7 Å². The van der Waals surface area contributed by atoms with Crippen LogP contribution < -0.4 is 9.47 Å². The van der Waals surface area contributed by atoms with E-state index in [2.05, 4.69) is 13.8 Å². The number of hydrogen-bond acceptors (Lipinski definition) is 3. The highest BCUT2D eigenvalue weighted by atomic mass is 16.5. The molecule has 2 rings (SSSR count). The van der Waals surface area contributed by atoms with E-state index in [4.69, 9.17) is 9.47 Å². The number of nitrogens with zero attached hydrogens (tertiary/aromatic N) is 1. The molecule has 4 heteroatoms. The van der Waals surface area contributed by atoms with Gasteiger partial charge in [0.15, 0.2) is 5.60 Å². The molecule has 0 spiro atoms. The number of methoxy groups -OCH3 is 1. The molecule has 1 aromatic rings. The van der Waals surface area contributed by atoms with E-state index < -0.39 is 5.60 Å². The Morgan fingerprint density at radius 3 is 2.13 bits per heavy atom. The molecule has 0 bridgehead atoms. The number of hydrogen-bond donors (Lipinski definition) is 0. The smallest absolute Gasteiger partial charge is 0.266 e. The maximum atomic E-state index is 12.8. The average Bonchev–Trinajstić information content (AvgIpc) is 2.54. The molecule has 23 heavy (non-hydrogen) atoms. The fraction of sp³-hybridized carbons (Fsp3) is 0.632. The van der Waals surface area contributed by atoms with Crippen LogP contribution in [0.3, 0.4) is 0 Å². The lowest BCUT2D eigenvalue weighted by atomic mass is 9.86. The molecule has 1 fully saturated rings. The Labute approximate surface area is 139 Å². The normalized spacial score (nSPS) is 16.5. The minimum Gasteiger partial charge on any atom is -0.497 e. The summed E-state index contributed by atoms with van der Waals surface area (Å²) in [6.07, 6.45) is 2.17. The lowest BCUT2D eigenvalue weighted by molar-refractivity contribution is -0.147. The third kappa shape index (κ3) is 4.40. The molecule has 0 atom stereocenters. The van der Waals surface area contributed by atoms with Crippen molar-refractivity contribution in [3.63, 3.8) is 0 Å². The lowest BCUT2D eigenvalue weighted by Crippen LogP contribution is -2.51. The van der Waals surface area contributed by atoms with Crippen molar-refractivity contribution >= 4 is 5.91 Å². The number of amides is 1. The molecule has 0 saturated carbocycles. The molecule has 0 aromatic heterocycles. The van der Waals surface area contributed by atoms with E-state index in [-0.39, 0.29) is 5.91 Å². The zero-order valence-electron chi connectivity index (χ0n) is 15.0. The Morgan fingerprint density at radius 1 is 1.13 bits per heavy atom. The zero-order chi connectivity index (χ0) is 17.0. The van der Waals surface area contributed by atoms with Gasteiger partial charge < -0.3 is 14.4 Å². The molecule has 1 aliphatic heterocycles. The van der Waals surface area contributed by atoms with Crippen LogP contribution in [-0.2, 0) is 4.79 Å². The van der Waals surface area contributed by atoms with Crippen molar-refractivity contribution in [1.82, 2.24) is 4.90 Å². The van der Waals surface area contributed by atoms with Gasteiger partial charge in [0.1, 0.15) is 11.5 Å². The second kappa shape index (κ2) is 7.24. The standard InChI is InChI=1S/C19H29NO3/c1-14(2)15-10-12-20(13-11-15)18(21)19(3,4)23-17-8-6-16(22-5)7-9-17/h6-9,14-15H,10-13H2,1-5H3. The molecule has 1 amide bonds. The summed E-state index contributed by atoms with van der Waals surface area (Å²) in [5.74, 6) is 2.94. The first-order valence-corrected chi connectivity index (χ1v) is 8.46. The second-order valence-electron chi connectivity index (χ2n) is 7.16. The van der Waals surface area contributed by atoms with E-state index in [1.165, 1.54) is 0 Å². The fourth-order valence-electron chi connectivity index (χ4n) is 3.13. The summed E-state index contributed by atoms with van der Waals surface area (Å²) in [5, 5.41) is 0. The summed E-state index contributed by atoms with van der Waals surface area (Å²) >= 11 is 0. The number of carbonyl (C=O) groups excluding carboxylic acids is 1. The number of carbonyl (C=O) groups is 1. The van der Waals surface area contributed by atoms with E-state index >= 15 is 0 Å². The molecular weight excluding hydrogens is 290 g/mol. The second-order valence-corrected chi connectivity index (χ2v) is 7.16. The van der Waals surface area contributed by atoms with Crippen LogP contribution in [0.15, 0.2) is 24.3 Å². The fourth-order valence-corrected chi connectivity index (χ4v) is 3.13. The van der Waals surface area contributed by atoms with Gasteiger partial charge in [0.25, 0.3) is 5.91 Å². The number of benzene rings is 1. The Kier molecular flexibility index (Phi) is 5.55. The van der Waals surface area contributed by atoms with Gasteiger partial charge in [-0.25, -0.2) is 0 Å². The third-order valence-corrected chi connectivity index (χ3v) is 4.72. The highest BCUT2D eigenvalue weighted by Crippen LogP contribution is 2.28. The van der Waals surface area contributed by atoms with Crippen LogP contribution >= 0.6 is 0 Å². The molecule has 0 radical (unpaired) electrons. The van der Waals surface area contributed by atoms with Crippen molar-refractivity contribution in [2.24, 2.45) is 11.8 Å². The molecule has 1 saturated heterocycles. The number of piperidine rings is 1. The molecule has 1 aliphatic rings. The van der Waals surface area contributed by atoms with Crippen LogP contribution in [0, 0.1) is 11.8 Å². The van der Waals surface area contributed by atoms with Crippen LogP contribution in [-0.4, -0.2) is 36.6 Å². The summed E-state index contributed by atoms with van der Waals surface area (Å²) in [7, 11) is 1.63. The van der Waals surface area contributed by atoms with Crippen LogP contribution in [0.1, 0.15) is 40.5 Å². The molecule has 1 heterocycles. The van der Waals surface area contributed by atoms with Gasteiger partial charge in [0.05, 0.1) is 7.11 Å². The van der Waals surface area contributed by atoms with Crippen LogP contribution in [0.5, 0.6) is 11.5 Å². The minimum absolute atomic E-state index is 0.0653. The number of likely N-dealkylation sites (tertiary alicyclic amines) is 1. The first kappa shape index (κ1) is 17.6. The Hall–Kier alpha value is -1.71. The summed E-state index contributed by atoms with van der Waals surface area (Å²) in [6, 6.07) is 7.34. The molecule has 0 unspecified atom stereocenters. The highest BCUT2D eigenvalue weighted by molar-refractivity contribution is 5.84. The zero-order valence-corrected chi connectivity index (χ0v) is 15.0. The van der Waals surface area contributed by atoms with Crippen molar-refractivity contribution < 1.29 is 14.3 Å². The Morgan fingerprint density at radius 2 is 1.65 bits per heavy atom. The third-order valence-electron chi connectivity index (χ3n) is 4.72. The molecular formula is C19H29NO3. The first-order chi connectivity index (χ1) is 10.8. The predicted octanol–water partition coefficient (Wildman–Crippen LogP) is 3.75.